The Morgan fingerprint density at radius 3 is 2.94 bits per heavy atom. The van der Waals surface area contributed by atoms with Crippen LogP contribution in [-0.2, 0) is 5.41 Å². The Morgan fingerprint density at radius 1 is 1.50 bits per heavy atom. The molecule has 0 radical (unpaired) electrons. The van der Waals surface area contributed by atoms with Crippen LogP contribution in [-0.4, -0.2) is 18.6 Å². The van der Waals surface area contributed by atoms with Crippen LogP contribution in [0.3, 0.4) is 0 Å². The first-order chi connectivity index (χ1) is 7.77. The highest BCUT2D eigenvalue weighted by atomic mass is 16.5. The van der Waals surface area contributed by atoms with Crippen LogP contribution in [0.15, 0.2) is 22.6 Å². The second-order valence-corrected chi connectivity index (χ2v) is 4.34. The average Bonchev–Trinajstić information content (AvgIpc) is 3.01. The van der Waals surface area contributed by atoms with Crippen molar-refractivity contribution in [1.82, 2.24) is 4.98 Å². The van der Waals surface area contributed by atoms with Crippen LogP contribution >= 0.6 is 0 Å². The zero-order valence-electron chi connectivity index (χ0n) is 9.19. The Labute approximate surface area is 93.4 Å². The van der Waals surface area contributed by atoms with E-state index in [-0.39, 0.29) is 5.41 Å². The van der Waals surface area contributed by atoms with E-state index in [1.165, 1.54) is 0 Å². The molecule has 0 spiro atoms. The van der Waals surface area contributed by atoms with Gasteiger partial charge in [-0.1, -0.05) is 0 Å². The predicted molar refractivity (Wildman–Crippen MR) is 60.5 cm³/mol. The summed E-state index contributed by atoms with van der Waals surface area (Å²) in [5.74, 6) is 1.56. The van der Waals surface area contributed by atoms with Gasteiger partial charge in [-0.25, -0.2) is 4.98 Å². The van der Waals surface area contributed by atoms with Crippen LogP contribution in [0.1, 0.15) is 18.7 Å². The molecule has 1 saturated carbocycles. The molecule has 0 atom stereocenters. The molecule has 1 aromatic heterocycles. The molecule has 3 rings (SSSR count). The largest absolute Gasteiger partial charge is 0.497 e. The maximum absolute atomic E-state index is 5.76. The molecule has 16 heavy (non-hydrogen) atoms. The van der Waals surface area contributed by atoms with Crippen LogP contribution in [0.5, 0.6) is 5.75 Å². The fourth-order valence-corrected chi connectivity index (χ4v) is 1.91. The molecule has 1 aliphatic rings. The van der Waals surface area contributed by atoms with Crippen molar-refractivity contribution in [3.8, 4) is 5.75 Å². The molecule has 1 heterocycles. The number of nitrogens with two attached hydrogens (primary N) is 1. The van der Waals surface area contributed by atoms with Gasteiger partial charge in [0.05, 0.1) is 12.5 Å². The van der Waals surface area contributed by atoms with Gasteiger partial charge in [0.25, 0.3) is 0 Å². The lowest BCUT2D eigenvalue weighted by atomic mass is 10.1. The summed E-state index contributed by atoms with van der Waals surface area (Å²) in [6, 6.07) is 5.66. The summed E-state index contributed by atoms with van der Waals surface area (Å²) >= 11 is 0. The van der Waals surface area contributed by atoms with Gasteiger partial charge in [0, 0.05) is 12.6 Å². The third kappa shape index (κ3) is 1.30. The maximum atomic E-state index is 5.76. The van der Waals surface area contributed by atoms with Gasteiger partial charge in [0.15, 0.2) is 5.58 Å². The van der Waals surface area contributed by atoms with E-state index in [9.17, 15) is 0 Å². The lowest BCUT2D eigenvalue weighted by molar-refractivity contribution is 0.413. The van der Waals surface area contributed by atoms with E-state index in [0.29, 0.717) is 6.54 Å². The van der Waals surface area contributed by atoms with E-state index >= 15 is 0 Å². The van der Waals surface area contributed by atoms with E-state index in [2.05, 4.69) is 4.98 Å². The zero-order valence-corrected chi connectivity index (χ0v) is 9.19. The molecule has 0 bridgehead atoms. The number of aromatic nitrogens is 1. The molecule has 0 amide bonds. The zero-order chi connectivity index (χ0) is 11.2. The Hall–Kier alpha value is -1.55. The minimum absolute atomic E-state index is 0.00621. The number of hydrogen-bond donors (Lipinski definition) is 1. The Kier molecular flexibility index (Phi) is 1.94. The summed E-state index contributed by atoms with van der Waals surface area (Å²) in [5, 5.41) is 0. The highest BCUT2D eigenvalue weighted by molar-refractivity contribution is 5.74. The number of oxazole rings is 1. The summed E-state index contributed by atoms with van der Waals surface area (Å²) < 4.78 is 10.9. The van der Waals surface area contributed by atoms with Crippen molar-refractivity contribution in [3.05, 3.63) is 24.1 Å². The molecule has 4 nitrogen and oxygen atoms in total. The second kappa shape index (κ2) is 3.22. The molecule has 1 aliphatic carbocycles. The Balaban J connectivity index is 2.09. The van der Waals surface area contributed by atoms with Crippen molar-refractivity contribution < 1.29 is 9.15 Å². The van der Waals surface area contributed by atoms with Crippen LogP contribution < -0.4 is 10.5 Å². The number of nitrogens with zero attached hydrogens (tertiary/aromatic N) is 1. The quantitative estimate of drug-likeness (QED) is 0.853. The minimum Gasteiger partial charge on any atom is -0.497 e. The molecule has 0 unspecified atom stereocenters. The van der Waals surface area contributed by atoms with Gasteiger partial charge in [0.1, 0.15) is 11.3 Å². The number of rotatable bonds is 3. The summed E-state index contributed by atoms with van der Waals surface area (Å²) in [4.78, 5) is 4.49. The molecule has 84 valence electrons. The second-order valence-electron chi connectivity index (χ2n) is 4.34. The van der Waals surface area contributed by atoms with Crippen molar-refractivity contribution in [2.75, 3.05) is 13.7 Å². The van der Waals surface area contributed by atoms with Gasteiger partial charge in [0.2, 0.25) is 5.89 Å². The summed E-state index contributed by atoms with van der Waals surface area (Å²) in [6.07, 6.45) is 2.15. The van der Waals surface area contributed by atoms with Gasteiger partial charge in [-0.3, -0.25) is 0 Å². The topological polar surface area (TPSA) is 61.3 Å². The smallest absolute Gasteiger partial charge is 0.202 e. The lowest BCUT2D eigenvalue weighted by Crippen LogP contribution is -2.19. The first-order valence-corrected chi connectivity index (χ1v) is 5.42. The normalized spacial score (nSPS) is 17.6. The van der Waals surface area contributed by atoms with Crippen molar-refractivity contribution in [3.63, 3.8) is 0 Å². The molecule has 4 heteroatoms. The molecule has 2 N–H and O–H groups in total. The van der Waals surface area contributed by atoms with Crippen LogP contribution in [0.4, 0.5) is 0 Å². The van der Waals surface area contributed by atoms with Gasteiger partial charge >= 0.3 is 0 Å². The number of ether oxygens (including phenoxy) is 1. The molecular formula is C12H14N2O2. The third-order valence-electron chi connectivity index (χ3n) is 3.29. The van der Waals surface area contributed by atoms with Gasteiger partial charge in [-0.05, 0) is 25.0 Å². The Morgan fingerprint density at radius 2 is 2.31 bits per heavy atom. The van der Waals surface area contributed by atoms with Gasteiger partial charge in [-0.15, -0.1) is 0 Å². The van der Waals surface area contributed by atoms with Crippen molar-refractivity contribution >= 4 is 11.1 Å². The lowest BCUT2D eigenvalue weighted by Gasteiger charge is -2.04. The maximum Gasteiger partial charge on any atom is 0.202 e. The van der Waals surface area contributed by atoms with Crippen molar-refractivity contribution in [2.45, 2.75) is 18.3 Å². The molecule has 0 aliphatic heterocycles. The summed E-state index contributed by atoms with van der Waals surface area (Å²) in [7, 11) is 1.64. The molecule has 1 aromatic carbocycles. The highest BCUT2D eigenvalue weighted by Gasteiger charge is 2.47. The SMILES string of the molecule is COc1ccc2nc(C3(CN)CC3)oc2c1. The monoisotopic (exact) mass is 218 g/mol. The van der Waals surface area contributed by atoms with Crippen molar-refractivity contribution in [2.24, 2.45) is 5.73 Å². The molecule has 0 saturated heterocycles. The molecule has 2 aromatic rings. The summed E-state index contributed by atoms with van der Waals surface area (Å²) in [6.45, 7) is 0.608. The molecular weight excluding hydrogens is 204 g/mol. The average molecular weight is 218 g/mol. The predicted octanol–water partition coefficient (Wildman–Crippen LogP) is 1.83. The number of methoxy groups -OCH3 is 1. The number of hydrogen-bond acceptors (Lipinski definition) is 4. The third-order valence-corrected chi connectivity index (χ3v) is 3.29. The van der Waals surface area contributed by atoms with Gasteiger partial charge < -0.3 is 14.9 Å². The first-order valence-electron chi connectivity index (χ1n) is 5.42. The van der Waals surface area contributed by atoms with E-state index in [0.717, 1.165) is 35.6 Å². The minimum atomic E-state index is 0.00621. The number of benzene rings is 1. The van der Waals surface area contributed by atoms with Crippen LogP contribution in [0.2, 0.25) is 0 Å². The fraction of sp³-hybridized carbons (Fsp3) is 0.417. The van der Waals surface area contributed by atoms with Crippen LogP contribution in [0, 0.1) is 0 Å². The first kappa shape index (κ1) is 9.66. The van der Waals surface area contributed by atoms with E-state index in [1.54, 1.807) is 7.11 Å². The number of fused-ring (bicyclic) bond motifs is 1. The van der Waals surface area contributed by atoms with Gasteiger partial charge in [-0.2, -0.15) is 0 Å². The fourth-order valence-electron chi connectivity index (χ4n) is 1.91. The van der Waals surface area contributed by atoms with Crippen molar-refractivity contribution in [1.29, 1.82) is 0 Å². The van der Waals surface area contributed by atoms with E-state index in [1.807, 2.05) is 18.2 Å². The summed E-state index contributed by atoms with van der Waals surface area (Å²) in [5.41, 5.74) is 7.40. The Bertz CT molecular complexity index is 529. The molecule has 1 fully saturated rings. The van der Waals surface area contributed by atoms with E-state index in [4.69, 9.17) is 14.9 Å². The highest BCUT2D eigenvalue weighted by Crippen LogP contribution is 2.47. The van der Waals surface area contributed by atoms with Crippen LogP contribution in [0.25, 0.3) is 11.1 Å². The van der Waals surface area contributed by atoms with E-state index < -0.39 is 0 Å². The standard InChI is InChI=1S/C12H14N2O2/c1-15-8-2-3-9-10(6-8)16-11(14-9)12(7-13)4-5-12/h2-3,6H,4-5,7,13H2,1H3.